The van der Waals surface area contributed by atoms with Crippen molar-refractivity contribution in [3.8, 4) is 11.4 Å². The Balaban J connectivity index is 1.40. The quantitative estimate of drug-likeness (QED) is 0.407. The van der Waals surface area contributed by atoms with Crippen molar-refractivity contribution in [2.75, 3.05) is 13.1 Å². The Labute approximate surface area is 211 Å². The largest absolute Gasteiger partial charge is 0.346 e. The van der Waals surface area contributed by atoms with E-state index in [1.807, 2.05) is 24.4 Å². The van der Waals surface area contributed by atoms with Gasteiger partial charge in [0.05, 0.1) is 27.6 Å². The van der Waals surface area contributed by atoms with E-state index in [2.05, 4.69) is 26.6 Å². The van der Waals surface area contributed by atoms with Gasteiger partial charge in [-0.25, -0.2) is 4.68 Å². The summed E-state index contributed by atoms with van der Waals surface area (Å²) < 4.78 is 3.95. The average Bonchev–Trinajstić information content (AvgIpc) is 3.53. The lowest BCUT2D eigenvalue weighted by atomic mass is 10.1. The first-order chi connectivity index (χ1) is 17.1. The number of nitrogens with zero attached hydrogens (tertiary/aromatic N) is 5. The number of pyridine rings is 1. The number of nitrogens with one attached hydrogen (secondary N) is 1. The van der Waals surface area contributed by atoms with Gasteiger partial charge < -0.3 is 5.32 Å². The minimum atomic E-state index is -0.195. The van der Waals surface area contributed by atoms with Crippen LogP contribution in [-0.4, -0.2) is 43.5 Å². The Morgan fingerprint density at radius 3 is 2.71 bits per heavy atom. The molecule has 0 atom stereocenters. The molecule has 8 nitrogen and oxygen atoms in total. The highest BCUT2D eigenvalue weighted by molar-refractivity contribution is 7.17. The predicted octanol–water partition coefficient (Wildman–Crippen LogP) is 4.05. The Hall–Kier alpha value is -3.27. The zero-order chi connectivity index (χ0) is 24.2. The third-order valence-corrected chi connectivity index (χ3v) is 7.25. The molecule has 0 unspecified atom stereocenters. The highest BCUT2D eigenvalue weighted by Crippen LogP contribution is 2.23. The van der Waals surface area contributed by atoms with Crippen LogP contribution in [-0.2, 0) is 13.1 Å². The maximum absolute atomic E-state index is 12.4. The molecular formula is C25H25ClN6O2S. The summed E-state index contributed by atoms with van der Waals surface area (Å²) in [5.41, 5.74) is 3.35. The van der Waals surface area contributed by atoms with E-state index in [0.717, 1.165) is 36.6 Å². The van der Waals surface area contributed by atoms with Crippen molar-refractivity contribution < 1.29 is 4.79 Å². The molecule has 0 aliphatic carbocycles. The highest BCUT2D eigenvalue weighted by Gasteiger charge is 2.16. The SMILES string of the molecule is O=C(NCc1cn(-c2ccc(-n3ccccc3=O)cc2CN2CCCCC2)nn1)c1ccc(Cl)s1. The van der Waals surface area contributed by atoms with E-state index in [-0.39, 0.29) is 18.0 Å². The molecule has 1 aliphatic rings. The minimum absolute atomic E-state index is 0.0741. The van der Waals surface area contributed by atoms with Crippen molar-refractivity contribution in [1.29, 1.82) is 0 Å². The van der Waals surface area contributed by atoms with Gasteiger partial charge in [-0.1, -0.05) is 29.3 Å². The summed E-state index contributed by atoms with van der Waals surface area (Å²) in [4.78, 5) is 27.7. The summed E-state index contributed by atoms with van der Waals surface area (Å²) in [6.07, 6.45) is 7.24. The Kier molecular flexibility index (Phi) is 7.08. The van der Waals surface area contributed by atoms with E-state index in [4.69, 9.17) is 11.6 Å². The van der Waals surface area contributed by atoms with Crippen LogP contribution in [0.5, 0.6) is 0 Å². The van der Waals surface area contributed by atoms with Crippen molar-refractivity contribution in [3.63, 3.8) is 0 Å². The van der Waals surface area contributed by atoms with Crippen molar-refractivity contribution >= 4 is 28.8 Å². The third-order valence-electron chi connectivity index (χ3n) is 6.02. The number of halogens is 1. The molecule has 1 N–H and O–H groups in total. The van der Waals surface area contributed by atoms with Crippen LogP contribution in [0.1, 0.15) is 40.2 Å². The molecule has 3 aromatic heterocycles. The molecule has 0 radical (unpaired) electrons. The van der Waals surface area contributed by atoms with Gasteiger partial charge in [-0.3, -0.25) is 19.1 Å². The number of thiophene rings is 1. The third kappa shape index (κ3) is 5.53. The van der Waals surface area contributed by atoms with Gasteiger partial charge in [-0.05, 0) is 67.9 Å². The van der Waals surface area contributed by atoms with E-state index < -0.39 is 0 Å². The summed E-state index contributed by atoms with van der Waals surface area (Å²) in [6, 6.07) is 14.5. The second-order valence-corrected chi connectivity index (χ2v) is 10.2. The van der Waals surface area contributed by atoms with Gasteiger partial charge in [0.15, 0.2) is 0 Å². The molecule has 0 bridgehead atoms. The number of carbonyl (C=O) groups excluding carboxylic acids is 1. The van der Waals surface area contributed by atoms with Crippen LogP contribution in [0.25, 0.3) is 11.4 Å². The zero-order valence-electron chi connectivity index (χ0n) is 19.1. The number of aromatic nitrogens is 4. The van der Waals surface area contributed by atoms with Crippen LogP contribution in [0.15, 0.2) is 65.7 Å². The zero-order valence-corrected chi connectivity index (χ0v) is 20.6. The number of benzene rings is 1. The molecular weight excluding hydrogens is 484 g/mol. The number of likely N-dealkylation sites (tertiary alicyclic amines) is 1. The molecule has 4 aromatic rings. The summed E-state index contributed by atoms with van der Waals surface area (Å²) in [6.45, 7) is 3.12. The second kappa shape index (κ2) is 10.6. The van der Waals surface area contributed by atoms with Gasteiger partial charge >= 0.3 is 0 Å². The first kappa shape index (κ1) is 23.5. The maximum Gasteiger partial charge on any atom is 0.261 e. The summed E-state index contributed by atoms with van der Waals surface area (Å²) >= 11 is 7.16. The summed E-state index contributed by atoms with van der Waals surface area (Å²) in [5.74, 6) is -0.195. The maximum atomic E-state index is 12.4. The Morgan fingerprint density at radius 1 is 1.09 bits per heavy atom. The smallest absolute Gasteiger partial charge is 0.261 e. The van der Waals surface area contributed by atoms with Crippen molar-refractivity contribution in [3.05, 3.63) is 91.7 Å². The summed E-state index contributed by atoms with van der Waals surface area (Å²) in [5, 5.41) is 11.4. The molecule has 1 aliphatic heterocycles. The molecule has 5 rings (SSSR count). The monoisotopic (exact) mass is 508 g/mol. The number of piperidine rings is 1. The molecule has 4 heterocycles. The number of hydrogen-bond donors (Lipinski definition) is 1. The van der Waals surface area contributed by atoms with Gasteiger partial charge in [-0.2, -0.15) is 0 Å². The highest BCUT2D eigenvalue weighted by atomic mass is 35.5. The topological polar surface area (TPSA) is 85.0 Å². The predicted molar refractivity (Wildman–Crippen MR) is 137 cm³/mol. The molecule has 1 fully saturated rings. The molecule has 35 heavy (non-hydrogen) atoms. The van der Waals surface area contributed by atoms with Gasteiger partial charge in [0.25, 0.3) is 11.5 Å². The number of hydrogen-bond acceptors (Lipinski definition) is 6. The van der Waals surface area contributed by atoms with Crippen LogP contribution in [0.4, 0.5) is 0 Å². The van der Waals surface area contributed by atoms with Gasteiger partial charge in [0.2, 0.25) is 0 Å². The van der Waals surface area contributed by atoms with Crippen molar-refractivity contribution in [1.82, 2.24) is 29.8 Å². The lowest BCUT2D eigenvalue weighted by Crippen LogP contribution is -2.29. The van der Waals surface area contributed by atoms with Gasteiger partial charge in [0.1, 0.15) is 5.69 Å². The van der Waals surface area contributed by atoms with Crippen molar-refractivity contribution in [2.24, 2.45) is 0 Å². The normalized spacial score (nSPS) is 14.2. The fraction of sp³-hybridized carbons (Fsp3) is 0.280. The fourth-order valence-electron chi connectivity index (χ4n) is 4.26. The van der Waals surface area contributed by atoms with E-state index in [1.54, 1.807) is 39.7 Å². The lowest BCUT2D eigenvalue weighted by Gasteiger charge is -2.27. The standard InChI is InChI=1S/C25H25ClN6O2S/c26-23-10-9-22(35-23)25(34)27-15-19-17-32(29-28-19)21-8-7-20(31-13-5-2-6-24(31)33)14-18(21)16-30-11-3-1-4-12-30/h2,5-10,13-14,17H,1,3-4,11-12,15-16H2,(H,27,34). The van der Waals surface area contributed by atoms with Gasteiger partial charge in [0, 0.05) is 24.5 Å². The number of amides is 1. The fourth-order valence-corrected chi connectivity index (χ4v) is 5.22. The van der Waals surface area contributed by atoms with Crippen LogP contribution in [0, 0.1) is 0 Å². The second-order valence-electron chi connectivity index (χ2n) is 8.50. The van der Waals surface area contributed by atoms with E-state index in [9.17, 15) is 9.59 Å². The van der Waals surface area contributed by atoms with Crippen LogP contribution in [0.2, 0.25) is 4.34 Å². The first-order valence-corrected chi connectivity index (χ1v) is 12.7. The van der Waals surface area contributed by atoms with E-state index in [1.165, 1.54) is 30.6 Å². The Morgan fingerprint density at radius 2 is 1.94 bits per heavy atom. The Bertz CT molecular complexity index is 1390. The molecule has 1 saturated heterocycles. The van der Waals surface area contributed by atoms with E-state index in [0.29, 0.717) is 14.9 Å². The first-order valence-electron chi connectivity index (χ1n) is 11.6. The molecule has 0 spiro atoms. The van der Waals surface area contributed by atoms with Gasteiger partial charge in [-0.15, -0.1) is 16.4 Å². The number of rotatable bonds is 7. The van der Waals surface area contributed by atoms with Crippen LogP contribution >= 0.6 is 22.9 Å². The molecule has 1 amide bonds. The van der Waals surface area contributed by atoms with Crippen LogP contribution < -0.4 is 10.9 Å². The molecule has 1 aromatic carbocycles. The van der Waals surface area contributed by atoms with E-state index >= 15 is 0 Å². The summed E-state index contributed by atoms with van der Waals surface area (Å²) in [7, 11) is 0. The van der Waals surface area contributed by atoms with Crippen molar-refractivity contribution in [2.45, 2.75) is 32.4 Å². The molecule has 0 saturated carbocycles. The van der Waals surface area contributed by atoms with Crippen LogP contribution in [0.3, 0.4) is 0 Å². The minimum Gasteiger partial charge on any atom is -0.346 e. The number of carbonyl (C=O) groups is 1. The molecule has 180 valence electrons. The lowest BCUT2D eigenvalue weighted by molar-refractivity contribution is 0.0954. The average molecular weight is 509 g/mol. The molecule has 10 heteroatoms.